The quantitative estimate of drug-likeness (QED) is 0.693. The summed E-state index contributed by atoms with van der Waals surface area (Å²) in [6.07, 6.45) is 1.91. The predicted octanol–water partition coefficient (Wildman–Crippen LogP) is 1.30. The van der Waals surface area contributed by atoms with E-state index in [1.165, 1.54) is 10.6 Å². The Labute approximate surface area is 132 Å². The summed E-state index contributed by atoms with van der Waals surface area (Å²) in [7, 11) is -1.80. The Bertz CT molecular complexity index is 587. The Morgan fingerprint density at radius 3 is 2.68 bits per heavy atom. The van der Waals surface area contributed by atoms with Gasteiger partial charge < -0.3 is 10.1 Å². The lowest BCUT2D eigenvalue weighted by Crippen LogP contribution is -2.32. The van der Waals surface area contributed by atoms with Crippen LogP contribution in [0.3, 0.4) is 0 Å². The number of amides is 1. The van der Waals surface area contributed by atoms with Crippen molar-refractivity contribution in [2.75, 3.05) is 37.4 Å². The first-order chi connectivity index (χ1) is 10.3. The number of rotatable bonds is 9. The van der Waals surface area contributed by atoms with Crippen LogP contribution in [-0.2, 0) is 19.6 Å². The first-order valence-electron chi connectivity index (χ1n) is 7.14. The van der Waals surface area contributed by atoms with E-state index in [0.29, 0.717) is 25.3 Å². The maximum absolute atomic E-state index is 11.9. The molecule has 0 atom stereocenters. The fraction of sp³-hybridized carbons (Fsp3) is 0.533. The van der Waals surface area contributed by atoms with E-state index in [9.17, 15) is 13.2 Å². The zero-order chi connectivity index (χ0) is 16.6. The Kier molecular flexibility index (Phi) is 7.34. The van der Waals surface area contributed by atoms with E-state index in [-0.39, 0.29) is 18.9 Å². The van der Waals surface area contributed by atoms with Gasteiger partial charge in [-0.3, -0.25) is 9.10 Å². The largest absolute Gasteiger partial charge is 0.383 e. The summed E-state index contributed by atoms with van der Waals surface area (Å²) in [4.78, 5) is 11.6. The molecule has 7 heteroatoms. The van der Waals surface area contributed by atoms with Gasteiger partial charge in [-0.1, -0.05) is 12.1 Å². The monoisotopic (exact) mass is 328 g/mol. The molecule has 0 aliphatic heterocycles. The maximum Gasteiger partial charge on any atom is 0.232 e. The normalized spacial score (nSPS) is 11.2. The van der Waals surface area contributed by atoms with Gasteiger partial charge in [-0.25, -0.2) is 8.42 Å². The smallest absolute Gasteiger partial charge is 0.232 e. The second kappa shape index (κ2) is 8.75. The molecule has 0 heterocycles. The molecule has 0 radical (unpaired) electrons. The lowest BCUT2D eigenvalue weighted by atomic mass is 10.2. The van der Waals surface area contributed by atoms with Crippen LogP contribution in [0.15, 0.2) is 24.3 Å². The zero-order valence-electron chi connectivity index (χ0n) is 13.3. The van der Waals surface area contributed by atoms with Crippen LogP contribution in [0.4, 0.5) is 5.69 Å². The molecule has 0 aliphatic rings. The summed E-state index contributed by atoms with van der Waals surface area (Å²) >= 11 is 0. The number of nitrogens with one attached hydrogen (secondary N) is 1. The molecule has 0 bridgehead atoms. The van der Waals surface area contributed by atoms with E-state index in [1.807, 2.05) is 25.1 Å². The van der Waals surface area contributed by atoms with E-state index < -0.39 is 10.0 Å². The van der Waals surface area contributed by atoms with E-state index >= 15 is 0 Å². The molecule has 1 amide bonds. The zero-order valence-corrected chi connectivity index (χ0v) is 14.1. The second-order valence-corrected chi connectivity index (χ2v) is 7.03. The van der Waals surface area contributed by atoms with Crippen LogP contribution in [0.5, 0.6) is 0 Å². The van der Waals surface area contributed by atoms with Crippen molar-refractivity contribution >= 4 is 21.6 Å². The van der Waals surface area contributed by atoms with E-state index in [1.54, 1.807) is 13.2 Å². The number of benzene rings is 1. The molecule has 0 spiro atoms. The molecule has 0 aliphatic carbocycles. The Hall–Kier alpha value is -1.60. The second-order valence-electron chi connectivity index (χ2n) is 5.12. The summed E-state index contributed by atoms with van der Waals surface area (Å²) in [6.45, 7) is 3.11. The van der Waals surface area contributed by atoms with Crippen molar-refractivity contribution in [3.63, 3.8) is 0 Å². The van der Waals surface area contributed by atoms with Crippen LogP contribution in [0.1, 0.15) is 18.4 Å². The van der Waals surface area contributed by atoms with Crippen LogP contribution in [0.25, 0.3) is 0 Å². The van der Waals surface area contributed by atoms with E-state index in [2.05, 4.69) is 5.32 Å². The van der Waals surface area contributed by atoms with Gasteiger partial charge in [0.05, 0.1) is 18.6 Å². The summed E-state index contributed by atoms with van der Waals surface area (Å²) < 4.78 is 30.1. The summed E-state index contributed by atoms with van der Waals surface area (Å²) in [6, 6.07) is 7.31. The van der Waals surface area contributed by atoms with Crippen LogP contribution < -0.4 is 9.62 Å². The number of aryl methyl sites for hydroxylation is 1. The molecule has 1 aromatic carbocycles. The molecule has 6 nitrogen and oxygen atoms in total. The number of ether oxygens (including phenoxy) is 1. The summed E-state index contributed by atoms with van der Waals surface area (Å²) in [5, 5.41) is 2.71. The van der Waals surface area contributed by atoms with E-state index in [0.717, 1.165) is 5.56 Å². The molecule has 1 N–H and O–H groups in total. The Balaban J connectivity index is 2.59. The van der Waals surface area contributed by atoms with Gasteiger partial charge in [-0.2, -0.15) is 0 Å². The number of methoxy groups -OCH3 is 1. The highest BCUT2D eigenvalue weighted by Gasteiger charge is 2.17. The average Bonchev–Trinajstić information content (AvgIpc) is 2.42. The van der Waals surface area contributed by atoms with Gasteiger partial charge in [-0.05, 0) is 31.0 Å². The molecule has 22 heavy (non-hydrogen) atoms. The van der Waals surface area contributed by atoms with Crippen molar-refractivity contribution < 1.29 is 17.9 Å². The minimum absolute atomic E-state index is 0.102. The van der Waals surface area contributed by atoms with Crippen molar-refractivity contribution in [1.82, 2.24) is 5.32 Å². The van der Waals surface area contributed by atoms with Gasteiger partial charge >= 0.3 is 0 Å². The molecule has 0 saturated carbocycles. The minimum atomic E-state index is -3.37. The number of anilines is 1. The van der Waals surface area contributed by atoms with E-state index in [4.69, 9.17) is 4.74 Å². The molecule has 124 valence electrons. The van der Waals surface area contributed by atoms with Gasteiger partial charge in [0.15, 0.2) is 0 Å². The summed E-state index contributed by atoms with van der Waals surface area (Å²) in [5.74, 6) is -0.102. The van der Waals surface area contributed by atoms with Gasteiger partial charge in [0.1, 0.15) is 0 Å². The van der Waals surface area contributed by atoms with Gasteiger partial charge in [0.25, 0.3) is 0 Å². The molecule has 0 fully saturated rings. The van der Waals surface area contributed by atoms with Crippen molar-refractivity contribution in [2.24, 2.45) is 0 Å². The fourth-order valence-corrected chi connectivity index (χ4v) is 2.99. The minimum Gasteiger partial charge on any atom is -0.383 e. The van der Waals surface area contributed by atoms with Crippen LogP contribution >= 0.6 is 0 Å². The highest BCUT2D eigenvalue weighted by molar-refractivity contribution is 7.92. The maximum atomic E-state index is 11.9. The first-order valence-corrected chi connectivity index (χ1v) is 8.99. The van der Waals surface area contributed by atoms with Crippen LogP contribution in [0, 0.1) is 6.92 Å². The average molecular weight is 328 g/mol. The molecular weight excluding hydrogens is 304 g/mol. The number of hydrogen-bond acceptors (Lipinski definition) is 4. The van der Waals surface area contributed by atoms with Gasteiger partial charge in [0.2, 0.25) is 15.9 Å². The van der Waals surface area contributed by atoms with Crippen molar-refractivity contribution in [1.29, 1.82) is 0 Å². The molecule has 0 unspecified atom stereocenters. The number of carbonyl (C=O) groups is 1. The van der Waals surface area contributed by atoms with Crippen LogP contribution in [-0.4, -0.2) is 47.4 Å². The SMILES string of the molecule is COCCNC(=O)CCCN(c1cccc(C)c1)S(C)(=O)=O. The van der Waals surface area contributed by atoms with Crippen molar-refractivity contribution in [3.8, 4) is 0 Å². The Morgan fingerprint density at radius 1 is 1.36 bits per heavy atom. The standard InChI is InChI=1S/C15H24N2O4S/c1-13-6-4-7-14(12-13)17(22(3,19)20)10-5-8-15(18)16-9-11-21-2/h4,6-7,12H,5,8-11H2,1-3H3,(H,16,18). The third-order valence-electron chi connectivity index (χ3n) is 3.08. The third kappa shape index (κ3) is 6.44. The molecule has 0 saturated heterocycles. The summed E-state index contributed by atoms with van der Waals surface area (Å²) in [5.41, 5.74) is 1.62. The van der Waals surface area contributed by atoms with Gasteiger partial charge in [0, 0.05) is 26.6 Å². The van der Waals surface area contributed by atoms with Crippen LogP contribution in [0.2, 0.25) is 0 Å². The Morgan fingerprint density at radius 2 is 2.09 bits per heavy atom. The van der Waals surface area contributed by atoms with Crippen molar-refractivity contribution in [2.45, 2.75) is 19.8 Å². The number of nitrogens with zero attached hydrogens (tertiary/aromatic N) is 1. The highest BCUT2D eigenvalue weighted by atomic mass is 32.2. The number of hydrogen-bond donors (Lipinski definition) is 1. The topological polar surface area (TPSA) is 75.7 Å². The first kappa shape index (κ1) is 18.4. The molecule has 1 rings (SSSR count). The third-order valence-corrected chi connectivity index (χ3v) is 4.28. The lowest BCUT2D eigenvalue weighted by Gasteiger charge is -2.22. The predicted molar refractivity (Wildman–Crippen MR) is 87.5 cm³/mol. The molecule has 0 aromatic heterocycles. The molecular formula is C15H24N2O4S. The number of sulfonamides is 1. The number of carbonyl (C=O) groups excluding carboxylic acids is 1. The van der Waals surface area contributed by atoms with Crippen molar-refractivity contribution in [3.05, 3.63) is 29.8 Å². The highest BCUT2D eigenvalue weighted by Crippen LogP contribution is 2.19. The van der Waals surface area contributed by atoms with Gasteiger partial charge in [-0.15, -0.1) is 0 Å². The molecule has 1 aromatic rings. The lowest BCUT2D eigenvalue weighted by molar-refractivity contribution is -0.121. The fourth-order valence-electron chi connectivity index (χ4n) is 2.03.